The first-order valence-electron chi connectivity index (χ1n) is 7.03. The summed E-state index contributed by atoms with van der Waals surface area (Å²) in [6, 6.07) is 7.71. The second-order valence-corrected chi connectivity index (χ2v) is 5.98. The molecule has 2 atom stereocenters. The molecule has 1 aliphatic rings. The van der Waals surface area contributed by atoms with Crippen LogP contribution >= 0.6 is 24.0 Å². The van der Waals surface area contributed by atoms with Gasteiger partial charge in [0.1, 0.15) is 0 Å². The lowest BCUT2D eigenvalue weighted by Gasteiger charge is -2.17. The van der Waals surface area contributed by atoms with E-state index in [1.807, 2.05) is 31.2 Å². The molecule has 2 unspecified atom stereocenters. The number of halogens is 2. The fourth-order valence-electron chi connectivity index (χ4n) is 2.50. The van der Waals surface area contributed by atoms with Crippen LogP contribution in [0.4, 0.5) is 0 Å². The summed E-state index contributed by atoms with van der Waals surface area (Å²) in [5, 5.41) is 3.64. The summed E-state index contributed by atoms with van der Waals surface area (Å²) in [4.78, 5) is 14.1. The molecule has 6 heteroatoms. The van der Waals surface area contributed by atoms with Crippen molar-refractivity contribution in [2.45, 2.75) is 25.9 Å². The molecule has 0 radical (unpaired) electrons. The number of hydrogen-bond donors (Lipinski definition) is 2. The van der Waals surface area contributed by atoms with Crippen LogP contribution in [-0.4, -0.2) is 36.5 Å². The quantitative estimate of drug-likeness (QED) is 0.868. The van der Waals surface area contributed by atoms with E-state index in [1.165, 1.54) is 0 Å². The Morgan fingerprint density at radius 2 is 2.14 bits per heavy atom. The van der Waals surface area contributed by atoms with Gasteiger partial charge < -0.3 is 11.1 Å². The molecule has 1 amide bonds. The molecule has 1 heterocycles. The average Bonchev–Trinajstić information content (AvgIpc) is 2.87. The van der Waals surface area contributed by atoms with Crippen LogP contribution in [0.2, 0.25) is 5.02 Å². The molecule has 0 spiro atoms. The molecule has 4 nitrogen and oxygen atoms in total. The lowest BCUT2D eigenvalue weighted by Crippen LogP contribution is -2.37. The van der Waals surface area contributed by atoms with E-state index in [1.54, 1.807) is 0 Å². The van der Waals surface area contributed by atoms with E-state index in [0.29, 0.717) is 24.0 Å². The molecule has 0 saturated carbocycles. The van der Waals surface area contributed by atoms with Gasteiger partial charge in [-0.05, 0) is 43.5 Å². The minimum Gasteiger partial charge on any atom is -0.351 e. The van der Waals surface area contributed by atoms with Crippen molar-refractivity contribution in [1.29, 1.82) is 0 Å². The van der Waals surface area contributed by atoms with Gasteiger partial charge in [0, 0.05) is 24.2 Å². The molecule has 0 aromatic heterocycles. The Morgan fingerprint density at radius 3 is 2.71 bits per heavy atom. The average molecular weight is 332 g/mol. The Hall–Kier alpha value is -0.810. The maximum Gasteiger partial charge on any atom is 0.234 e. The van der Waals surface area contributed by atoms with Gasteiger partial charge in [0.05, 0.1) is 6.54 Å². The Labute approximate surface area is 137 Å². The van der Waals surface area contributed by atoms with Crippen LogP contribution in [0.5, 0.6) is 0 Å². The number of nitrogens with two attached hydrogens (primary N) is 1. The maximum atomic E-state index is 11.9. The Morgan fingerprint density at radius 1 is 1.48 bits per heavy atom. The largest absolute Gasteiger partial charge is 0.351 e. The number of likely N-dealkylation sites (tertiary alicyclic amines) is 1. The van der Waals surface area contributed by atoms with Crippen LogP contribution in [0.1, 0.15) is 18.9 Å². The van der Waals surface area contributed by atoms with Crippen molar-refractivity contribution in [1.82, 2.24) is 10.2 Å². The Kier molecular flexibility index (Phi) is 7.46. The highest BCUT2D eigenvalue weighted by atomic mass is 35.5. The lowest BCUT2D eigenvalue weighted by molar-refractivity contribution is -0.122. The minimum atomic E-state index is 0. The zero-order valence-corrected chi connectivity index (χ0v) is 13.8. The molecule has 1 aliphatic heterocycles. The molecule has 118 valence electrons. The molecular formula is C15H23Cl2N3O. The first-order valence-corrected chi connectivity index (χ1v) is 7.41. The molecular weight excluding hydrogens is 309 g/mol. The smallest absolute Gasteiger partial charge is 0.234 e. The van der Waals surface area contributed by atoms with Crippen molar-refractivity contribution in [2.24, 2.45) is 11.7 Å². The highest BCUT2D eigenvalue weighted by Crippen LogP contribution is 2.18. The molecule has 21 heavy (non-hydrogen) atoms. The highest BCUT2D eigenvalue weighted by Gasteiger charge is 2.26. The molecule has 1 aromatic rings. The number of hydrogen-bond acceptors (Lipinski definition) is 3. The van der Waals surface area contributed by atoms with E-state index < -0.39 is 0 Å². The molecule has 0 bridgehead atoms. The fraction of sp³-hybridized carbons (Fsp3) is 0.533. The summed E-state index contributed by atoms with van der Waals surface area (Å²) >= 11 is 5.82. The van der Waals surface area contributed by atoms with Gasteiger partial charge in [-0.2, -0.15) is 0 Å². The predicted molar refractivity (Wildman–Crippen MR) is 88.7 cm³/mol. The predicted octanol–water partition coefficient (Wildman–Crippen LogP) is 2.05. The second kappa shape index (κ2) is 8.59. The summed E-state index contributed by atoms with van der Waals surface area (Å²) in [7, 11) is 0. The third kappa shape index (κ3) is 5.83. The van der Waals surface area contributed by atoms with Crippen LogP contribution in [0.15, 0.2) is 24.3 Å². The summed E-state index contributed by atoms with van der Waals surface area (Å²) < 4.78 is 0. The lowest BCUT2D eigenvalue weighted by atomic mass is 10.0. The van der Waals surface area contributed by atoms with E-state index in [2.05, 4.69) is 10.2 Å². The number of nitrogens with zero attached hydrogens (tertiary/aromatic N) is 1. The van der Waals surface area contributed by atoms with Gasteiger partial charge in [-0.15, -0.1) is 12.4 Å². The summed E-state index contributed by atoms with van der Waals surface area (Å²) in [6.07, 6.45) is 1.09. The minimum absolute atomic E-state index is 0. The normalized spacial score (nSPS) is 19.9. The summed E-state index contributed by atoms with van der Waals surface area (Å²) in [6.45, 7) is 4.92. The van der Waals surface area contributed by atoms with Crippen LogP contribution in [0, 0.1) is 5.92 Å². The van der Waals surface area contributed by atoms with E-state index in [4.69, 9.17) is 17.3 Å². The van der Waals surface area contributed by atoms with Crippen LogP contribution in [0.3, 0.4) is 0 Å². The monoisotopic (exact) mass is 331 g/mol. The van der Waals surface area contributed by atoms with Crippen LogP contribution < -0.4 is 11.1 Å². The molecule has 1 saturated heterocycles. The van der Waals surface area contributed by atoms with Crippen molar-refractivity contribution in [2.75, 3.05) is 19.6 Å². The second-order valence-electron chi connectivity index (χ2n) is 5.55. The first-order chi connectivity index (χ1) is 9.54. The SMILES string of the molecule is CC(N)C1CCN(CC(=O)NCc2ccc(Cl)cc2)C1.Cl. The van der Waals surface area contributed by atoms with Gasteiger partial charge in [-0.1, -0.05) is 23.7 Å². The van der Waals surface area contributed by atoms with Crippen LogP contribution in [0.25, 0.3) is 0 Å². The van der Waals surface area contributed by atoms with Crippen molar-refractivity contribution in [3.05, 3.63) is 34.9 Å². The van der Waals surface area contributed by atoms with Crippen molar-refractivity contribution >= 4 is 29.9 Å². The maximum absolute atomic E-state index is 11.9. The topological polar surface area (TPSA) is 58.4 Å². The number of carbonyl (C=O) groups is 1. The zero-order valence-electron chi connectivity index (χ0n) is 12.2. The summed E-state index contributed by atoms with van der Waals surface area (Å²) in [5.74, 6) is 0.573. The van der Waals surface area contributed by atoms with E-state index in [0.717, 1.165) is 25.1 Å². The molecule has 2 rings (SSSR count). The molecule has 1 fully saturated rings. The first kappa shape index (κ1) is 18.2. The number of benzene rings is 1. The molecule has 3 N–H and O–H groups in total. The van der Waals surface area contributed by atoms with Crippen molar-refractivity contribution in [3.8, 4) is 0 Å². The van der Waals surface area contributed by atoms with Gasteiger partial charge in [0.25, 0.3) is 0 Å². The van der Waals surface area contributed by atoms with E-state index in [9.17, 15) is 4.79 Å². The summed E-state index contributed by atoms with van der Waals surface area (Å²) in [5.41, 5.74) is 6.95. The van der Waals surface area contributed by atoms with Gasteiger partial charge in [-0.3, -0.25) is 9.69 Å². The fourth-order valence-corrected chi connectivity index (χ4v) is 2.62. The van der Waals surface area contributed by atoms with Gasteiger partial charge in [-0.25, -0.2) is 0 Å². The highest BCUT2D eigenvalue weighted by molar-refractivity contribution is 6.30. The third-order valence-electron chi connectivity index (χ3n) is 3.82. The standard InChI is InChI=1S/C15H22ClN3O.ClH/c1-11(17)13-6-7-19(9-13)10-15(20)18-8-12-2-4-14(16)5-3-12;/h2-5,11,13H,6-10,17H2,1H3,(H,18,20);1H. The van der Waals surface area contributed by atoms with E-state index in [-0.39, 0.29) is 24.4 Å². The Bertz CT molecular complexity index is 451. The third-order valence-corrected chi connectivity index (χ3v) is 4.07. The van der Waals surface area contributed by atoms with E-state index >= 15 is 0 Å². The number of carbonyl (C=O) groups excluding carboxylic acids is 1. The number of rotatable bonds is 5. The van der Waals surface area contributed by atoms with Gasteiger partial charge in [0.2, 0.25) is 5.91 Å². The number of nitrogens with one attached hydrogen (secondary N) is 1. The molecule has 1 aromatic carbocycles. The van der Waals surface area contributed by atoms with Gasteiger partial charge in [0.15, 0.2) is 0 Å². The molecule has 0 aliphatic carbocycles. The number of amides is 1. The van der Waals surface area contributed by atoms with Gasteiger partial charge >= 0.3 is 0 Å². The zero-order chi connectivity index (χ0) is 14.5. The Balaban J connectivity index is 0.00000220. The van der Waals surface area contributed by atoms with Crippen molar-refractivity contribution in [3.63, 3.8) is 0 Å². The van der Waals surface area contributed by atoms with Crippen molar-refractivity contribution < 1.29 is 4.79 Å². The van der Waals surface area contributed by atoms with Crippen LogP contribution in [-0.2, 0) is 11.3 Å².